The maximum absolute atomic E-state index is 13.2. The molecule has 0 atom stereocenters. The maximum atomic E-state index is 13.2. The largest absolute Gasteiger partial charge is 0.298 e. The first kappa shape index (κ1) is 27.6. The predicted octanol–water partition coefficient (Wildman–Crippen LogP) is 3.83. The van der Waals surface area contributed by atoms with Crippen LogP contribution in [-0.4, -0.2) is 50.7 Å². The summed E-state index contributed by atoms with van der Waals surface area (Å²) in [6.07, 6.45) is 4.78. The molecule has 0 amide bonds. The van der Waals surface area contributed by atoms with Crippen molar-refractivity contribution in [3.63, 3.8) is 0 Å². The van der Waals surface area contributed by atoms with E-state index in [0.717, 1.165) is 17.4 Å². The summed E-state index contributed by atoms with van der Waals surface area (Å²) in [5.41, 5.74) is 3.06. The van der Waals surface area contributed by atoms with Gasteiger partial charge in [0.25, 0.3) is 5.56 Å². The zero-order valence-corrected chi connectivity index (χ0v) is 23.8. The van der Waals surface area contributed by atoms with E-state index >= 15 is 0 Å². The number of aryl methyl sites for hydroxylation is 1. The molecule has 13 heteroatoms. The molecule has 0 fully saturated rings. The third-order valence-corrected chi connectivity index (χ3v) is 8.24. The lowest BCUT2D eigenvalue weighted by Gasteiger charge is -2.12. The first-order chi connectivity index (χ1) is 19.2. The number of thiazole rings is 1. The fourth-order valence-corrected chi connectivity index (χ4v) is 6.23. The lowest BCUT2D eigenvalue weighted by molar-refractivity contribution is -0.116. The molecule has 2 aromatic carbocycles. The van der Waals surface area contributed by atoms with Gasteiger partial charge in [0.15, 0.2) is 16.3 Å². The number of fused-ring (bicyclic) bond motifs is 1. The third-order valence-electron chi connectivity index (χ3n) is 5.75. The molecule has 0 saturated heterocycles. The molecule has 0 unspecified atom stereocenters. The summed E-state index contributed by atoms with van der Waals surface area (Å²) in [5.74, 6) is 0.0353. The Balaban J connectivity index is 1.29. The first-order valence-corrected chi connectivity index (χ1v) is 15.9. The number of anilines is 1. The smallest absolute Gasteiger partial charge is 0.282 e. The van der Waals surface area contributed by atoms with Crippen LogP contribution in [0.4, 0.5) is 5.69 Å². The Morgan fingerprint density at radius 3 is 2.65 bits per heavy atom. The molecule has 3 heterocycles. The summed E-state index contributed by atoms with van der Waals surface area (Å²) in [6, 6.07) is 16.7. The highest BCUT2D eigenvalue weighted by atomic mass is 32.2. The topological polar surface area (TPSA) is 137 Å². The summed E-state index contributed by atoms with van der Waals surface area (Å²) in [6.45, 7) is 0.391. The Kier molecular flexibility index (Phi) is 8.33. The van der Waals surface area contributed by atoms with Crippen molar-refractivity contribution in [1.82, 2.24) is 24.5 Å². The molecule has 204 valence electrons. The Morgan fingerprint density at radius 1 is 1.05 bits per heavy atom. The third kappa shape index (κ3) is 6.97. The van der Waals surface area contributed by atoms with Crippen LogP contribution in [0.3, 0.4) is 0 Å². The molecule has 0 aliphatic rings. The van der Waals surface area contributed by atoms with Crippen molar-refractivity contribution < 1.29 is 13.2 Å². The number of sulfonamides is 1. The van der Waals surface area contributed by atoms with Crippen molar-refractivity contribution in [2.75, 3.05) is 16.7 Å². The average Bonchev–Trinajstić information content (AvgIpc) is 3.40. The van der Waals surface area contributed by atoms with E-state index in [-0.39, 0.29) is 34.7 Å². The highest BCUT2D eigenvalue weighted by Crippen LogP contribution is 2.26. The van der Waals surface area contributed by atoms with Crippen molar-refractivity contribution >= 4 is 55.8 Å². The van der Waals surface area contributed by atoms with Gasteiger partial charge in [-0.15, -0.1) is 11.3 Å². The summed E-state index contributed by atoms with van der Waals surface area (Å²) < 4.78 is 27.1. The zero-order chi connectivity index (χ0) is 28.1. The summed E-state index contributed by atoms with van der Waals surface area (Å²) in [4.78, 5) is 43.6. The highest BCUT2D eigenvalue weighted by Gasteiger charge is 2.16. The number of thioether (sulfide) groups is 1. The summed E-state index contributed by atoms with van der Waals surface area (Å²) in [7, 11) is -3.40. The van der Waals surface area contributed by atoms with Gasteiger partial charge in [-0.2, -0.15) is 0 Å². The van der Waals surface area contributed by atoms with E-state index in [4.69, 9.17) is 0 Å². The van der Waals surface area contributed by atoms with Gasteiger partial charge in [-0.25, -0.2) is 28.4 Å². The average molecular weight is 593 g/mol. The van der Waals surface area contributed by atoms with Crippen molar-refractivity contribution in [1.29, 1.82) is 0 Å². The van der Waals surface area contributed by atoms with Crippen molar-refractivity contribution in [3.05, 3.63) is 93.3 Å². The van der Waals surface area contributed by atoms with Crippen LogP contribution in [0.5, 0.6) is 0 Å². The Bertz CT molecular complexity index is 1840. The quantitative estimate of drug-likeness (QED) is 0.179. The van der Waals surface area contributed by atoms with Crippen LogP contribution >= 0.6 is 23.1 Å². The standard InChI is InChI=1S/C27H24N6O4S3/c1-40(36,37)32-20-9-5-8-19(14-20)22-17-38-23(30-22)15-21(34)16-39-27-31-25-24(28-11-12-29-25)26(35)33(27)13-10-18-6-3-2-4-7-18/h2-9,11-12,14,17,32H,10,13,15-16H2,1H3. The molecule has 0 spiro atoms. The van der Waals surface area contributed by atoms with Gasteiger partial charge >= 0.3 is 0 Å². The second-order valence-electron chi connectivity index (χ2n) is 8.90. The van der Waals surface area contributed by atoms with E-state index in [0.29, 0.717) is 34.5 Å². The minimum absolute atomic E-state index is 0.0681. The van der Waals surface area contributed by atoms with E-state index in [2.05, 4.69) is 24.7 Å². The van der Waals surface area contributed by atoms with E-state index in [1.165, 1.54) is 35.5 Å². The number of nitrogens with one attached hydrogen (secondary N) is 1. The number of hydrogen-bond donors (Lipinski definition) is 1. The monoisotopic (exact) mass is 592 g/mol. The van der Waals surface area contributed by atoms with Gasteiger partial charge in [-0.3, -0.25) is 18.9 Å². The number of benzene rings is 2. The Labute approximate surface area is 238 Å². The van der Waals surface area contributed by atoms with Gasteiger partial charge in [0.1, 0.15) is 10.8 Å². The molecule has 10 nitrogen and oxygen atoms in total. The first-order valence-electron chi connectivity index (χ1n) is 12.2. The molecule has 0 bridgehead atoms. The number of Topliss-reactive ketones (excluding diaryl/α,β-unsaturated/α-hetero) is 1. The lowest BCUT2D eigenvalue weighted by Crippen LogP contribution is -2.25. The predicted molar refractivity (Wildman–Crippen MR) is 157 cm³/mol. The van der Waals surface area contributed by atoms with Crippen molar-refractivity contribution in [3.8, 4) is 11.3 Å². The summed E-state index contributed by atoms with van der Waals surface area (Å²) >= 11 is 2.55. The fourth-order valence-electron chi connectivity index (χ4n) is 3.97. The number of nitrogens with zero attached hydrogens (tertiary/aromatic N) is 5. The molecule has 0 saturated carbocycles. The van der Waals surface area contributed by atoms with Gasteiger partial charge < -0.3 is 0 Å². The number of hydrogen-bond acceptors (Lipinski definition) is 10. The highest BCUT2D eigenvalue weighted by molar-refractivity contribution is 7.99. The number of rotatable bonds is 11. The molecule has 0 aliphatic heterocycles. The van der Waals surface area contributed by atoms with E-state index in [1.807, 2.05) is 41.8 Å². The SMILES string of the molecule is CS(=O)(=O)Nc1cccc(-c2csc(CC(=O)CSc3nc4nccnc4c(=O)n3CCc3ccccc3)n2)c1. The van der Waals surface area contributed by atoms with Crippen LogP contribution in [0.25, 0.3) is 22.4 Å². The van der Waals surface area contributed by atoms with Crippen LogP contribution in [-0.2, 0) is 34.2 Å². The van der Waals surface area contributed by atoms with E-state index < -0.39 is 10.0 Å². The normalized spacial score (nSPS) is 11.5. The number of carbonyl (C=O) groups is 1. The second kappa shape index (κ2) is 12.1. The molecule has 0 aliphatic carbocycles. The Hall–Kier alpha value is -3.94. The lowest BCUT2D eigenvalue weighted by atomic mass is 10.1. The number of aromatic nitrogens is 5. The molecule has 3 aromatic heterocycles. The molecule has 0 radical (unpaired) electrons. The number of ketones is 1. The van der Waals surface area contributed by atoms with Crippen molar-refractivity contribution in [2.45, 2.75) is 24.5 Å². The van der Waals surface area contributed by atoms with Gasteiger partial charge in [0.2, 0.25) is 10.0 Å². The molecule has 1 N–H and O–H groups in total. The Morgan fingerprint density at radius 2 is 1.85 bits per heavy atom. The van der Waals surface area contributed by atoms with Crippen molar-refractivity contribution in [2.24, 2.45) is 0 Å². The molecular weight excluding hydrogens is 569 g/mol. The molecular formula is C27H24N6O4S3. The fraction of sp³-hybridized carbons (Fsp3) is 0.185. The molecule has 5 rings (SSSR count). The zero-order valence-electron chi connectivity index (χ0n) is 21.4. The second-order valence-corrected chi connectivity index (χ2v) is 12.5. The van der Waals surface area contributed by atoms with E-state index in [9.17, 15) is 18.0 Å². The minimum Gasteiger partial charge on any atom is -0.298 e. The van der Waals surface area contributed by atoms with Gasteiger partial charge in [0, 0.05) is 35.6 Å². The summed E-state index contributed by atoms with van der Waals surface area (Å²) in [5, 5.41) is 2.89. The van der Waals surface area contributed by atoms with Gasteiger partial charge in [-0.05, 0) is 24.1 Å². The maximum Gasteiger partial charge on any atom is 0.282 e. The van der Waals surface area contributed by atoms with Crippen LogP contribution in [0.1, 0.15) is 10.6 Å². The van der Waals surface area contributed by atoms with Crippen LogP contribution in [0, 0.1) is 0 Å². The molecule has 40 heavy (non-hydrogen) atoms. The number of carbonyl (C=O) groups excluding carboxylic acids is 1. The minimum atomic E-state index is -3.40. The molecule has 5 aromatic rings. The van der Waals surface area contributed by atoms with Gasteiger partial charge in [-0.1, -0.05) is 54.2 Å². The van der Waals surface area contributed by atoms with Crippen LogP contribution in [0.2, 0.25) is 0 Å². The van der Waals surface area contributed by atoms with Crippen LogP contribution < -0.4 is 10.3 Å². The van der Waals surface area contributed by atoms with E-state index in [1.54, 1.807) is 22.8 Å². The van der Waals surface area contributed by atoms with Gasteiger partial charge in [0.05, 0.1) is 24.1 Å². The van der Waals surface area contributed by atoms with Crippen LogP contribution in [0.15, 0.2) is 82.3 Å².